The van der Waals surface area contributed by atoms with Gasteiger partial charge in [0.05, 0.1) is 0 Å². The van der Waals surface area contributed by atoms with Crippen LogP contribution < -0.4 is 11.1 Å². The van der Waals surface area contributed by atoms with Crippen LogP contribution in [0.4, 0.5) is 0 Å². The van der Waals surface area contributed by atoms with Gasteiger partial charge < -0.3 is 11.1 Å². The molecule has 0 aromatic carbocycles. The van der Waals surface area contributed by atoms with E-state index in [4.69, 9.17) is 5.73 Å². The van der Waals surface area contributed by atoms with Crippen molar-refractivity contribution in [1.29, 1.82) is 0 Å². The molecule has 0 aliphatic carbocycles. The lowest BCUT2D eigenvalue weighted by Gasteiger charge is -2.03. The Morgan fingerprint density at radius 1 is 0.905 bits per heavy atom. The maximum absolute atomic E-state index is 11.2. The third kappa shape index (κ3) is 13.4. The Balaban J connectivity index is 3.88. The fourth-order valence-electron chi connectivity index (χ4n) is 1.90. The molecule has 0 radical (unpaired) electrons. The number of amides is 1. The first-order valence-electron chi connectivity index (χ1n) is 7.87. The van der Waals surface area contributed by atoms with E-state index in [0.717, 1.165) is 25.7 Å². The van der Waals surface area contributed by atoms with Gasteiger partial charge in [0.25, 0.3) is 0 Å². The predicted octanol–water partition coefficient (Wildman–Crippen LogP) is 3.87. The molecule has 0 spiro atoms. The third-order valence-electron chi connectivity index (χ3n) is 3.24. The van der Waals surface area contributed by atoms with E-state index in [-0.39, 0.29) is 5.91 Å². The van der Waals surface area contributed by atoms with Crippen LogP contribution in [0.1, 0.15) is 59.8 Å². The zero-order chi connectivity index (χ0) is 16.1. The molecule has 3 N–H and O–H groups in total. The smallest absolute Gasteiger partial charge is 0.221 e. The number of nitrogens with two attached hydrogens (primary N) is 1. The Kier molecular flexibility index (Phi) is 11.6. The van der Waals surface area contributed by atoms with E-state index < -0.39 is 0 Å². The summed E-state index contributed by atoms with van der Waals surface area (Å²) in [5, 5.41) is 2.83. The minimum Gasteiger partial charge on any atom is -0.353 e. The summed E-state index contributed by atoms with van der Waals surface area (Å²) in [6.45, 7) is 9.60. The van der Waals surface area contributed by atoms with Crippen molar-refractivity contribution in [1.82, 2.24) is 5.32 Å². The van der Waals surface area contributed by atoms with Crippen LogP contribution in [0.5, 0.6) is 0 Å². The van der Waals surface area contributed by atoms with Crippen LogP contribution in [-0.2, 0) is 4.79 Å². The van der Waals surface area contributed by atoms with Gasteiger partial charge in [-0.05, 0) is 53.4 Å². The molecule has 0 atom stereocenters. The van der Waals surface area contributed by atoms with Crippen LogP contribution in [0.25, 0.3) is 0 Å². The molecule has 0 unspecified atom stereocenters. The van der Waals surface area contributed by atoms with Gasteiger partial charge in [-0.1, -0.05) is 34.9 Å². The number of allylic oxidation sites excluding steroid dienone is 5. The highest BCUT2D eigenvalue weighted by Gasteiger charge is 1.96. The molecule has 0 aromatic rings. The predicted molar refractivity (Wildman–Crippen MR) is 92.1 cm³/mol. The maximum atomic E-state index is 11.2. The summed E-state index contributed by atoms with van der Waals surface area (Å²) in [5.74, 6) is 0.0246. The van der Waals surface area contributed by atoms with E-state index in [2.05, 4.69) is 51.2 Å². The molecular formula is C18H32N2O. The minimum absolute atomic E-state index is 0.0246. The summed E-state index contributed by atoms with van der Waals surface area (Å²) in [7, 11) is 0. The molecule has 3 nitrogen and oxygen atoms in total. The molecule has 0 aliphatic heterocycles. The first-order valence-corrected chi connectivity index (χ1v) is 7.87. The average Bonchev–Trinajstić information content (AvgIpc) is 2.38. The molecule has 21 heavy (non-hydrogen) atoms. The largest absolute Gasteiger partial charge is 0.353 e. The van der Waals surface area contributed by atoms with Gasteiger partial charge in [-0.2, -0.15) is 0 Å². The van der Waals surface area contributed by atoms with Crippen molar-refractivity contribution in [2.75, 3.05) is 13.1 Å². The standard InChI is InChI=1S/C18H32N2O/c1-15(2)7-5-8-16(3)9-6-10-17(4)12-14-20-18(21)11-13-19/h7,9,12H,5-6,8,10-11,13-14,19H2,1-4H3,(H,20,21). The first-order chi connectivity index (χ1) is 9.95. The van der Waals surface area contributed by atoms with Gasteiger partial charge in [0.2, 0.25) is 5.91 Å². The highest BCUT2D eigenvalue weighted by molar-refractivity contribution is 5.76. The Labute approximate surface area is 130 Å². The van der Waals surface area contributed by atoms with Gasteiger partial charge in [0.1, 0.15) is 0 Å². The number of carbonyl (C=O) groups is 1. The topological polar surface area (TPSA) is 55.1 Å². The van der Waals surface area contributed by atoms with Gasteiger partial charge in [-0.15, -0.1) is 0 Å². The normalized spacial score (nSPS) is 12.2. The lowest BCUT2D eigenvalue weighted by molar-refractivity contribution is -0.120. The van der Waals surface area contributed by atoms with Gasteiger partial charge >= 0.3 is 0 Å². The summed E-state index contributed by atoms with van der Waals surface area (Å²) >= 11 is 0. The summed E-state index contributed by atoms with van der Waals surface area (Å²) in [6, 6.07) is 0. The zero-order valence-corrected chi connectivity index (χ0v) is 14.2. The van der Waals surface area contributed by atoms with Crippen molar-refractivity contribution in [3.8, 4) is 0 Å². The first kappa shape index (κ1) is 19.7. The molecule has 0 bridgehead atoms. The Hall–Kier alpha value is -1.35. The molecule has 0 saturated heterocycles. The molecular weight excluding hydrogens is 260 g/mol. The number of hydrogen-bond acceptors (Lipinski definition) is 2. The molecule has 3 heteroatoms. The molecule has 120 valence electrons. The van der Waals surface area contributed by atoms with Crippen molar-refractivity contribution in [2.45, 2.75) is 59.8 Å². The minimum atomic E-state index is 0.0246. The number of rotatable bonds is 10. The summed E-state index contributed by atoms with van der Waals surface area (Å²) in [5.41, 5.74) is 9.48. The van der Waals surface area contributed by atoms with E-state index in [9.17, 15) is 4.79 Å². The van der Waals surface area contributed by atoms with Gasteiger partial charge in [-0.3, -0.25) is 4.79 Å². The second-order valence-electron chi connectivity index (χ2n) is 5.80. The van der Waals surface area contributed by atoms with Crippen molar-refractivity contribution in [3.63, 3.8) is 0 Å². The molecule has 0 aliphatic rings. The molecule has 1 amide bonds. The molecule has 0 saturated carbocycles. The lowest BCUT2D eigenvalue weighted by atomic mass is 10.1. The van der Waals surface area contributed by atoms with Gasteiger partial charge in [0.15, 0.2) is 0 Å². The van der Waals surface area contributed by atoms with E-state index in [1.165, 1.54) is 16.7 Å². The lowest BCUT2D eigenvalue weighted by Crippen LogP contribution is -2.25. The van der Waals surface area contributed by atoms with Crippen LogP contribution in [0, 0.1) is 0 Å². The van der Waals surface area contributed by atoms with E-state index >= 15 is 0 Å². The Morgan fingerprint density at radius 3 is 2.05 bits per heavy atom. The number of carbonyl (C=O) groups excluding carboxylic acids is 1. The summed E-state index contributed by atoms with van der Waals surface area (Å²) in [6.07, 6.45) is 11.5. The molecule has 0 heterocycles. The maximum Gasteiger partial charge on any atom is 0.221 e. The average molecular weight is 292 g/mol. The van der Waals surface area contributed by atoms with Gasteiger partial charge in [-0.25, -0.2) is 0 Å². The third-order valence-corrected chi connectivity index (χ3v) is 3.24. The monoisotopic (exact) mass is 292 g/mol. The highest BCUT2D eigenvalue weighted by atomic mass is 16.1. The Morgan fingerprint density at radius 2 is 1.48 bits per heavy atom. The van der Waals surface area contributed by atoms with Crippen LogP contribution in [-0.4, -0.2) is 19.0 Å². The zero-order valence-electron chi connectivity index (χ0n) is 14.2. The van der Waals surface area contributed by atoms with Crippen LogP contribution in [0.15, 0.2) is 34.9 Å². The second-order valence-corrected chi connectivity index (χ2v) is 5.80. The highest BCUT2D eigenvalue weighted by Crippen LogP contribution is 2.11. The molecule has 0 rings (SSSR count). The fraction of sp³-hybridized carbons (Fsp3) is 0.611. The number of nitrogens with one attached hydrogen (secondary N) is 1. The molecule has 0 aromatic heterocycles. The summed E-state index contributed by atoms with van der Waals surface area (Å²) < 4.78 is 0. The second kappa shape index (κ2) is 12.4. The van der Waals surface area contributed by atoms with Crippen LogP contribution in [0.3, 0.4) is 0 Å². The quantitative estimate of drug-likeness (QED) is 0.601. The van der Waals surface area contributed by atoms with Gasteiger partial charge in [0, 0.05) is 19.5 Å². The fourth-order valence-corrected chi connectivity index (χ4v) is 1.90. The summed E-state index contributed by atoms with van der Waals surface area (Å²) in [4.78, 5) is 11.2. The van der Waals surface area contributed by atoms with Crippen molar-refractivity contribution >= 4 is 5.91 Å². The number of hydrogen-bond donors (Lipinski definition) is 2. The van der Waals surface area contributed by atoms with Crippen molar-refractivity contribution < 1.29 is 4.79 Å². The molecule has 0 fully saturated rings. The van der Waals surface area contributed by atoms with Crippen LogP contribution >= 0.6 is 0 Å². The van der Waals surface area contributed by atoms with Crippen LogP contribution in [0.2, 0.25) is 0 Å². The van der Waals surface area contributed by atoms with E-state index in [0.29, 0.717) is 19.5 Å². The van der Waals surface area contributed by atoms with E-state index in [1.807, 2.05) is 0 Å². The SMILES string of the molecule is CC(C)=CCCC(C)=CCCC(C)=CCNC(=O)CCN. The van der Waals surface area contributed by atoms with E-state index in [1.54, 1.807) is 0 Å². The van der Waals surface area contributed by atoms with Crippen molar-refractivity contribution in [3.05, 3.63) is 34.9 Å². The van der Waals surface area contributed by atoms with Crippen molar-refractivity contribution in [2.24, 2.45) is 5.73 Å². The Bertz CT molecular complexity index is 388.